The van der Waals surface area contributed by atoms with Gasteiger partial charge < -0.3 is 14.9 Å². The summed E-state index contributed by atoms with van der Waals surface area (Å²) in [6, 6.07) is 24.5. The summed E-state index contributed by atoms with van der Waals surface area (Å²) < 4.78 is 6.95. The average Bonchev–Trinajstić information content (AvgIpc) is 3.17. The monoisotopic (exact) mass is 455 g/mol. The lowest BCUT2D eigenvalue weighted by atomic mass is 10.1. The highest BCUT2D eigenvalue weighted by Crippen LogP contribution is 2.35. The van der Waals surface area contributed by atoms with Crippen LogP contribution in [0, 0.1) is 0 Å². The molecular weight excluding hydrogens is 434 g/mol. The van der Waals surface area contributed by atoms with Gasteiger partial charge in [-0.25, -0.2) is 9.97 Å². The summed E-state index contributed by atoms with van der Waals surface area (Å²) in [4.78, 5) is 10.6. The van der Waals surface area contributed by atoms with Gasteiger partial charge >= 0.3 is 0 Å². The Morgan fingerprint density at radius 2 is 1.61 bits per heavy atom. The first-order valence-corrected chi connectivity index (χ1v) is 11.2. The van der Waals surface area contributed by atoms with Gasteiger partial charge in [-0.2, -0.15) is 0 Å². The number of imidazole rings is 1. The molecule has 7 heteroatoms. The lowest BCUT2D eigenvalue weighted by molar-refractivity contribution is 0.414. The Balaban J connectivity index is 1.61. The largest absolute Gasteiger partial charge is 0.508 e. The summed E-state index contributed by atoms with van der Waals surface area (Å²) in [5.74, 6) is 1.06. The lowest BCUT2D eigenvalue weighted by Gasteiger charge is -2.08. The highest BCUT2D eigenvalue weighted by Gasteiger charge is 2.18. The van der Waals surface area contributed by atoms with Gasteiger partial charge in [-0.15, -0.1) is 0 Å². The van der Waals surface area contributed by atoms with Crippen LogP contribution in [0.5, 0.6) is 17.4 Å². The van der Waals surface area contributed by atoms with Crippen molar-refractivity contribution in [2.45, 2.75) is 16.3 Å². The number of nitrogens with zero attached hydrogens (tertiary/aromatic N) is 3. The maximum atomic E-state index is 11.0. The molecule has 0 aliphatic rings. The van der Waals surface area contributed by atoms with Crippen LogP contribution in [0.25, 0.3) is 16.9 Å². The fourth-order valence-electron chi connectivity index (χ4n) is 3.55. The van der Waals surface area contributed by atoms with Crippen LogP contribution in [-0.2, 0) is 6.42 Å². The number of benzene rings is 3. The van der Waals surface area contributed by atoms with Crippen LogP contribution in [0.3, 0.4) is 0 Å². The van der Waals surface area contributed by atoms with E-state index < -0.39 is 0 Å². The van der Waals surface area contributed by atoms with Gasteiger partial charge in [0.25, 0.3) is 0 Å². The van der Waals surface area contributed by atoms with E-state index in [2.05, 4.69) is 0 Å². The molecule has 0 radical (unpaired) electrons. The van der Waals surface area contributed by atoms with E-state index in [4.69, 9.17) is 14.7 Å². The first-order valence-electron chi connectivity index (χ1n) is 10.4. The van der Waals surface area contributed by atoms with Gasteiger partial charge in [-0.1, -0.05) is 54.2 Å². The predicted molar refractivity (Wildman–Crippen MR) is 128 cm³/mol. The number of phenols is 1. The molecule has 0 bridgehead atoms. The fraction of sp³-hybridized carbons (Fsp3) is 0.0769. The summed E-state index contributed by atoms with van der Waals surface area (Å²) in [6.45, 7) is 0. The fourth-order valence-corrected chi connectivity index (χ4v) is 4.43. The third kappa shape index (κ3) is 4.36. The van der Waals surface area contributed by atoms with E-state index in [1.807, 2.05) is 72.9 Å². The molecule has 0 aliphatic heterocycles. The summed E-state index contributed by atoms with van der Waals surface area (Å²) in [7, 11) is 1.64. The van der Waals surface area contributed by atoms with Crippen molar-refractivity contribution in [2.24, 2.45) is 0 Å². The van der Waals surface area contributed by atoms with Crippen LogP contribution in [0.1, 0.15) is 11.3 Å². The molecule has 2 heterocycles. The molecule has 0 fully saturated rings. The van der Waals surface area contributed by atoms with Gasteiger partial charge in [-0.3, -0.25) is 4.40 Å². The number of ether oxygens (including phenoxy) is 1. The van der Waals surface area contributed by atoms with Crippen molar-refractivity contribution in [3.63, 3.8) is 0 Å². The van der Waals surface area contributed by atoms with Crippen molar-refractivity contribution in [2.75, 3.05) is 7.11 Å². The number of phenolic OH excluding ortho intramolecular Hbond substituents is 1. The molecule has 0 saturated carbocycles. The molecule has 164 valence electrons. The highest BCUT2D eigenvalue weighted by molar-refractivity contribution is 7.99. The van der Waals surface area contributed by atoms with Crippen molar-refractivity contribution in [1.82, 2.24) is 14.4 Å². The van der Waals surface area contributed by atoms with E-state index >= 15 is 0 Å². The maximum Gasteiger partial charge on any atom is 0.219 e. The molecule has 3 aromatic carbocycles. The van der Waals surface area contributed by atoms with E-state index in [-0.39, 0.29) is 11.6 Å². The second-order valence-electron chi connectivity index (χ2n) is 7.49. The Morgan fingerprint density at radius 1 is 0.879 bits per heavy atom. The Kier molecular flexibility index (Phi) is 5.62. The van der Waals surface area contributed by atoms with E-state index in [1.165, 1.54) is 11.8 Å². The van der Waals surface area contributed by atoms with E-state index in [0.29, 0.717) is 22.8 Å². The highest BCUT2D eigenvalue weighted by atomic mass is 32.2. The van der Waals surface area contributed by atoms with Crippen molar-refractivity contribution < 1.29 is 14.9 Å². The molecular formula is C26H21N3O3S. The van der Waals surface area contributed by atoms with E-state index in [0.717, 1.165) is 27.5 Å². The molecule has 0 amide bonds. The van der Waals surface area contributed by atoms with Gasteiger partial charge in [0.15, 0.2) is 5.65 Å². The van der Waals surface area contributed by atoms with Crippen LogP contribution in [-0.4, -0.2) is 31.7 Å². The second-order valence-corrected chi connectivity index (χ2v) is 8.56. The molecule has 6 nitrogen and oxygen atoms in total. The average molecular weight is 456 g/mol. The minimum atomic E-state index is 0.0780. The first kappa shape index (κ1) is 20.9. The van der Waals surface area contributed by atoms with E-state index in [9.17, 15) is 10.2 Å². The molecule has 2 N–H and O–H groups in total. The van der Waals surface area contributed by atoms with Gasteiger partial charge in [0.05, 0.1) is 12.8 Å². The minimum Gasteiger partial charge on any atom is -0.508 e. The summed E-state index contributed by atoms with van der Waals surface area (Å²) in [6.07, 6.45) is 2.24. The molecule has 5 rings (SSSR count). The molecule has 0 atom stereocenters. The predicted octanol–water partition coefficient (Wildman–Crippen LogP) is 5.56. The van der Waals surface area contributed by atoms with Crippen LogP contribution >= 0.6 is 11.8 Å². The normalized spacial score (nSPS) is 11.1. The number of hydrogen-bond donors (Lipinski definition) is 2. The number of aromatic hydroxyl groups is 2. The maximum absolute atomic E-state index is 11.0. The van der Waals surface area contributed by atoms with Crippen molar-refractivity contribution in [3.05, 3.63) is 96.3 Å². The molecule has 0 unspecified atom stereocenters. The van der Waals surface area contributed by atoms with E-state index in [1.54, 1.807) is 23.6 Å². The summed E-state index contributed by atoms with van der Waals surface area (Å²) in [5.41, 5.74) is 3.75. The SMILES string of the molecule is COc1ccc(Sc2nc(-c3ccccc3)cn3c(O)c(Cc4ccc(O)cc4)nc23)cc1. The van der Waals surface area contributed by atoms with Gasteiger partial charge in [0.1, 0.15) is 22.2 Å². The summed E-state index contributed by atoms with van der Waals surface area (Å²) >= 11 is 1.48. The first-order chi connectivity index (χ1) is 16.1. The quantitative estimate of drug-likeness (QED) is 0.349. The molecule has 5 aromatic rings. The van der Waals surface area contributed by atoms with Crippen LogP contribution < -0.4 is 4.74 Å². The zero-order valence-electron chi connectivity index (χ0n) is 17.8. The Hall–Kier alpha value is -3.97. The van der Waals surface area contributed by atoms with Crippen LogP contribution in [0.15, 0.2) is 95.0 Å². The third-order valence-electron chi connectivity index (χ3n) is 5.27. The Bertz CT molecular complexity index is 1400. The smallest absolute Gasteiger partial charge is 0.219 e. The molecule has 33 heavy (non-hydrogen) atoms. The van der Waals surface area contributed by atoms with Crippen molar-refractivity contribution >= 4 is 17.4 Å². The molecule has 0 spiro atoms. The van der Waals surface area contributed by atoms with Gasteiger partial charge in [0, 0.05) is 23.1 Å². The standard InChI is InChI=1S/C26H21N3O3S/c1-32-20-11-13-21(14-12-20)33-25-24-27-22(15-17-7-9-19(30)10-8-17)26(31)29(24)16-23(28-25)18-5-3-2-4-6-18/h2-14,16,30-31H,15H2,1H3. The number of hydrogen-bond acceptors (Lipinski definition) is 6. The second kappa shape index (κ2) is 8.88. The van der Waals surface area contributed by atoms with Crippen molar-refractivity contribution in [3.8, 4) is 28.6 Å². The van der Waals surface area contributed by atoms with Crippen LogP contribution in [0.4, 0.5) is 0 Å². The Labute approximate surface area is 195 Å². The van der Waals surface area contributed by atoms with Crippen molar-refractivity contribution in [1.29, 1.82) is 0 Å². The van der Waals surface area contributed by atoms with Crippen LogP contribution in [0.2, 0.25) is 0 Å². The van der Waals surface area contributed by atoms with Gasteiger partial charge in [0.2, 0.25) is 5.88 Å². The lowest BCUT2D eigenvalue weighted by Crippen LogP contribution is -1.95. The number of rotatable bonds is 6. The number of methoxy groups -OCH3 is 1. The minimum absolute atomic E-state index is 0.0780. The summed E-state index contributed by atoms with van der Waals surface area (Å²) in [5, 5.41) is 21.3. The number of aromatic nitrogens is 3. The molecule has 0 aliphatic carbocycles. The third-order valence-corrected chi connectivity index (χ3v) is 6.25. The molecule has 0 saturated heterocycles. The van der Waals surface area contributed by atoms with Gasteiger partial charge in [-0.05, 0) is 42.0 Å². The topological polar surface area (TPSA) is 79.9 Å². The zero-order chi connectivity index (χ0) is 22.8. The number of fused-ring (bicyclic) bond motifs is 1. The Morgan fingerprint density at radius 3 is 2.30 bits per heavy atom. The zero-order valence-corrected chi connectivity index (χ0v) is 18.7. The molecule has 2 aromatic heterocycles.